The number of fused-ring (bicyclic) bond motifs is 3. The Hall–Kier alpha value is -2.33. The average Bonchev–Trinajstić information content (AvgIpc) is 3.21. The lowest BCUT2D eigenvalue weighted by Crippen LogP contribution is -2.48. The topological polar surface area (TPSA) is 55.2 Å². The maximum Gasteiger partial charge on any atom is 0.416 e. The van der Waals surface area contributed by atoms with Gasteiger partial charge >= 0.3 is 6.18 Å². The van der Waals surface area contributed by atoms with E-state index in [0.717, 1.165) is 79.3 Å². The SMILES string of the molecule is C[C@@H]1CCC[C@@H](C)N1C(=O)CSc1nc2sc3c(c2c(=O)n1-c1cccc(C(F)(F)F)c1)CCCC3. The zero-order valence-corrected chi connectivity index (χ0v) is 21.9. The second kappa shape index (κ2) is 9.85. The quantitative estimate of drug-likeness (QED) is 0.294. The van der Waals surface area contributed by atoms with E-state index < -0.39 is 11.7 Å². The number of aryl methyl sites for hydroxylation is 2. The van der Waals surface area contributed by atoms with Gasteiger partial charge in [0.15, 0.2) is 5.16 Å². The fourth-order valence-electron chi connectivity index (χ4n) is 5.45. The maximum absolute atomic E-state index is 13.8. The molecule has 1 fully saturated rings. The number of carbonyl (C=O) groups excluding carboxylic acids is 1. The van der Waals surface area contributed by atoms with Gasteiger partial charge in [0, 0.05) is 17.0 Å². The smallest absolute Gasteiger partial charge is 0.337 e. The molecule has 1 saturated heterocycles. The van der Waals surface area contributed by atoms with Crippen molar-refractivity contribution in [2.75, 3.05) is 5.75 Å². The molecule has 1 amide bonds. The molecule has 3 heterocycles. The van der Waals surface area contributed by atoms with Crippen LogP contribution in [0.2, 0.25) is 0 Å². The van der Waals surface area contributed by atoms with E-state index in [2.05, 4.69) is 0 Å². The third kappa shape index (κ3) is 4.69. The van der Waals surface area contributed by atoms with Gasteiger partial charge in [0.25, 0.3) is 5.56 Å². The molecule has 192 valence electrons. The number of piperidine rings is 1. The maximum atomic E-state index is 13.8. The Morgan fingerprint density at radius 2 is 1.86 bits per heavy atom. The Morgan fingerprint density at radius 1 is 1.14 bits per heavy atom. The molecule has 1 aliphatic carbocycles. The predicted octanol–water partition coefficient (Wildman–Crippen LogP) is 6.23. The second-order valence-electron chi connectivity index (χ2n) is 9.69. The predicted molar refractivity (Wildman–Crippen MR) is 137 cm³/mol. The first-order chi connectivity index (χ1) is 17.1. The molecule has 0 saturated carbocycles. The Morgan fingerprint density at radius 3 is 2.58 bits per heavy atom. The largest absolute Gasteiger partial charge is 0.416 e. The number of rotatable bonds is 4. The van der Waals surface area contributed by atoms with Crippen LogP contribution in [0.3, 0.4) is 0 Å². The van der Waals surface area contributed by atoms with Crippen LogP contribution in [-0.4, -0.2) is 38.2 Å². The molecule has 1 aromatic carbocycles. The fourth-order valence-corrected chi connectivity index (χ4v) is 7.63. The Bertz CT molecular complexity index is 1350. The van der Waals surface area contributed by atoms with E-state index in [-0.39, 0.29) is 40.1 Å². The molecule has 0 N–H and O–H groups in total. The highest BCUT2D eigenvalue weighted by atomic mass is 32.2. The molecule has 10 heteroatoms. The fraction of sp³-hybridized carbons (Fsp3) is 0.500. The van der Waals surface area contributed by atoms with Crippen molar-refractivity contribution in [2.24, 2.45) is 0 Å². The van der Waals surface area contributed by atoms with Crippen LogP contribution in [-0.2, 0) is 23.8 Å². The van der Waals surface area contributed by atoms with E-state index in [0.29, 0.717) is 10.2 Å². The summed E-state index contributed by atoms with van der Waals surface area (Å²) in [6.45, 7) is 4.08. The van der Waals surface area contributed by atoms with Crippen molar-refractivity contribution in [2.45, 2.75) is 82.2 Å². The van der Waals surface area contributed by atoms with Gasteiger partial charge in [0.05, 0.1) is 22.4 Å². The number of hydrogen-bond donors (Lipinski definition) is 0. The van der Waals surface area contributed by atoms with Gasteiger partial charge < -0.3 is 4.90 Å². The minimum absolute atomic E-state index is 0.0462. The monoisotopic (exact) mass is 535 g/mol. The molecule has 3 aromatic rings. The van der Waals surface area contributed by atoms with Gasteiger partial charge in [-0.05, 0) is 82.6 Å². The van der Waals surface area contributed by atoms with Crippen molar-refractivity contribution in [3.63, 3.8) is 0 Å². The molecular weight excluding hydrogens is 507 g/mol. The number of amides is 1. The van der Waals surface area contributed by atoms with Crippen molar-refractivity contribution in [1.82, 2.24) is 14.5 Å². The summed E-state index contributed by atoms with van der Waals surface area (Å²) in [5.41, 5.74) is -0.117. The van der Waals surface area contributed by atoms with Crippen LogP contribution in [0, 0.1) is 0 Å². The highest BCUT2D eigenvalue weighted by molar-refractivity contribution is 7.99. The lowest BCUT2D eigenvalue weighted by atomic mass is 9.97. The first-order valence-electron chi connectivity index (χ1n) is 12.3. The molecule has 1 aliphatic heterocycles. The first-order valence-corrected chi connectivity index (χ1v) is 14.1. The third-order valence-electron chi connectivity index (χ3n) is 7.20. The van der Waals surface area contributed by atoms with E-state index in [1.807, 2.05) is 18.7 Å². The standard InChI is InChI=1S/C26H28F3N3O2S2/c1-15-7-5-8-16(2)31(15)21(33)14-35-25-30-23-22(19-11-3-4-12-20(19)36-23)24(34)32(25)18-10-6-9-17(13-18)26(27,28)29/h6,9-10,13,15-16H,3-5,7-8,11-12,14H2,1-2H3/t15-,16-/m1/s1. The van der Waals surface area contributed by atoms with Gasteiger partial charge in [0.2, 0.25) is 5.91 Å². The highest BCUT2D eigenvalue weighted by Crippen LogP contribution is 2.36. The summed E-state index contributed by atoms with van der Waals surface area (Å²) in [6.07, 6.45) is 2.10. The van der Waals surface area contributed by atoms with Crippen molar-refractivity contribution in [3.05, 3.63) is 50.6 Å². The van der Waals surface area contributed by atoms with E-state index >= 15 is 0 Å². The van der Waals surface area contributed by atoms with Crippen molar-refractivity contribution in [1.29, 1.82) is 0 Å². The highest BCUT2D eigenvalue weighted by Gasteiger charge is 2.32. The summed E-state index contributed by atoms with van der Waals surface area (Å²) in [6, 6.07) is 5.02. The van der Waals surface area contributed by atoms with Crippen LogP contribution in [0.4, 0.5) is 13.2 Å². The average molecular weight is 536 g/mol. The molecule has 2 aromatic heterocycles. The van der Waals surface area contributed by atoms with Crippen LogP contribution in [0.5, 0.6) is 0 Å². The Balaban J connectivity index is 1.59. The van der Waals surface area contributed by atoms with Gasteiger partial charge in [-0.1, -0.05) is 17.8 Å². The number of aromatic nitrogens is 2. The Kier molecular flexibility index (Phi) is 6.93. The van der Waals surface area contributed by atoms with Crippen molar-refractivity contribution in [3.8, 4) is 5.69 Å². The molecule has 36 heavy (non-hydrogen) atoms. The van der Waals surface area contributed by atoms with Crippen molar-refractivity contribution < 1.29 is 18.0 Å². The van der Waals surface area contributed by atoms with Gasteiger partial charge in [-0.25, -0.2) is 4.98 Å². The normalized spacial score (nSPS) is 20.5. The number of likely N-dealkylation sites (tertiary alicyclic amines) is 1. The second-order valence-corrected chi connectivity index (χ2v) is 11.7. The number of thioether (sulfide) groups is 1. The summed E-state index contributed by atoms with van der Waals surface area (Å²) in [4.78, 5) is 35.4. The first kappa shape index (κ1) is 25.3. The number of benzene rings is 1. The molecule has 2 aliphatic rings. The molecule has 0 radical (unpaired) electrons. The summed E-state index contributed by atoms with van der Waals surface area (Å²) in [5, 5.41) is 0.747. The summed E-state index contributed by atoms with van der Waals surface area (Å²) in [7, 11) is 0. The molecule has 0 bridgehead atoms. The zero-order valence-electron chi connectivity index (χ0n) is 20.2. The van der Waals surface area contributed by atoms with E-state index in [4.69, 9.17) is 4.98 Å². The third-order valence-corrected chi connectivity index (χ3v) is 9.31. The lowest BCUT2D eigenvalue weighted by Gasteiger charge is -2.39. The molecule has 0 spiro atoms. The van der Waals surface area contributed by atoms with Gasteiger partial charge in [-0.15, -0.1) is 11.3 Å². The summed E-state index contributed by atoms with van der Waals surface area (Å²) >= 11 is 2.61. The minimum atomic E-state index is -4.54. The number of nitrogens with zero attached hydrogens (tertiary/aromatic N) is 3. The molecule has 5 nitrogen and oxygen atoms in total. The number of thiophene rings is 1. The van der Waals surface area contributed by atoms with E-state index in [1.165, 1.54) is 28.0 Å². The zero-order chi connectivity index (χ0) is 25.6. The lowest BCUT2D eigenvalue weighted by molar-refractivity contribution is -0.137. The van der Waals surface area contributed by atoms with Crippen LogP contribution >= 0.6 is 23.1 Å². The minimum Gasteiger partial charge on any atom is -0.337 e. The number of carbonyl (C=O) groups is 1. The summed E-state index contributed by atoms with van der Waals surface area (Å²) < 4.78 is 41.7. The Labute approximate surface area is 215 Å². The van der Waals surface area contributed by atoms with Crippen LogP contribution in [0.15, 0.2) is 34.2 Å². The number of alkyl halides is 3. The molecule has 0 unspecified atom stereocenters. The van der Waals surface area contributed by atoms with E-state index in [9.17, 15) is 22.8 Å². The van der Waals surface area contributed by atoms with Crippen LogP contribution < -0.4 is 5.56 Å². The number of halogens is 3. The van der Waals surface area contributed by atoms with Crippen LogP contribution in [0.25, 0.3) is 15.9 Å². The van der Waals surface area contributed by atoms with Gasteiger partial charge in [0.1, 0.15) is 4.83 Å². The number of hydrogen-bond acceptors (Lipinski definition) is 5. The van der Waals surface area contributed by atoms with Gasteiger partial charge in [-0.2, -0.15) is 13.2 Å². The van der Waals surface area contributed by atoms with E-state index in [1.54, 1.807) is 0 Å². The van der Waals surface area contributed by atoms with Crippen molar-refractivity contribution >= 4 is 39.2 Å². The van der Waals surface area contributed by atoms with Crippen LogP contribution in [0.1, 0.15) is 62.0 Å². The molecule has 2 atom stereocenters. The van der Waals surface area contributed by atoms with Gasteiger partial charge in [-0.3, -0.25) is 14.2 Å². The molecule has 5 rings (SSSR count). The summed E-state index contributed by atoms with van der Waals surface area (Å²) in [5.74, 6) is 0.0200. The molecular formula is C26H28F3N3O2S2.